The zero-order chi connectivity index (χ0) is 20.4. The Morgan fingerprint density at radius 3 is 2.86 bits per heavy atom. The van der Waals surface area contributed by atoms with Gasteiger partial charge >= 0.3 is 5.97 Å². The summed E-state index contributed by atoms with van der Waals surface area (Å²) in [6, 6.07) is 3.87. The Morgan fingerprint density at radius 1 is 1.32 bits per heavy atom. The van der Waals surface area contributed by atoms with Crippen LogP contribution < -0.4 is 0 Å². The van der Waals surface area contributed by atoms with E-state index in [2.05, 4.69) is 20.0 Å². The van der Waals surface area contributed by atoms with Gasteiger partial charge in [-0.05, 0) is 57.7 Å². The van der Waals surface area contributed by atoms with Gasteiger partial charge in [-0.25, -0.2) is 9.78 Å². The molecule has 2 rings (SSSR count). The number of thiazole rings is 1. The van der Waals surface area contributed by atoms with Gasteiger partial charge in [0.15, 0.2) is 5.69 Å². The SMILES string of the molecule is CC(C)(C)OC(=O)c1csc(-c2ccnc(CCCOCCCN=[N+]=[N-])c2)n1. The number of esters is 1. The average Bonchev–Trinajstić information content (AvgIpc) is 3.13. The number of nitrogens with zero attached hydrogens (tertiary/aromatic N) is 5. The molecule has 0 aliphatic rings. The van der Waals surface area contributed by atoms with Gasteiger partial charge in [0.25, 0.3) is 0 Å². The van der Waals surface area contributed by atoms with Crippen LogP contribution in [0.25, 0.3) is 21.0 Å². The molecular weight excluding hydrogens is 378 g/mol. The second-order valence-corrected chi connectivity index (χ2v) is 7.96. The molecule has 2 heterocycles. The average molecular weight is 404 g/mol. The summed E-state index contributed by atoms with van der Waals surface area (Å²) in [5, 5.41) is 5.94. The van der Waals surface area contributed by atoms with Crippen LogP contribution in [-0.4, -0.2) is 41.3 Å². The van der Waals surface area contributed by atoms with E-state index in [0.29, 0.717) is 25.5 Å². The third-order valence-corrected chi connectivity index (χ3v) is 4.40. The van der Waals surface area contributed by atoms with Crippen LogP contribution in [0.15, 0.2) is 28.8 Å². The van der Waals surface area contributed by atoms with Crippen molar-refractivity contribution in [1.29, 1.82) is 0 Å². The summed E-state index contributed by atoms with van der Waals surface area (Å²) >= 11 is 1.41. The number of carbonyl (C=O) groups is 1. The summed E-state index contributed by atoms with van der Waals surface area (Å²) in [7, 11) is 0. The molecule has 0 saturated carbocycles. The molecule has 0 bridgehead atoms. The topological polar surface area (TPSA) is 110 Å². The minimum Gasteiger partial charge on any atom is -0.455 e. The fourth-order valence-corrected chi connectivity index (χ4v) is 3.10. The van der Waals surface area contributed by atoms with Crippen molar-refractivity contribution in [2.75, 3.05) is 19.8 Å². The van der Waals surface area contributed by atoms with Crippen molar-refractivity contribution < 1.29 is 14.3 Å². The minimum atomic E-state index is -0.546. The molecule has 0 N–H and O–H groups in total. The lowest BCUT2D eigenvalue weighted by atomic mass is 10.1. The fraction of sp³-hybridized carbons (Fsp3) is 0.526. The first-order valence-electron chi connectivity index (χ1n) is 9.12. The summed E-state index contributed by atoms with van der Waals surface area (Å²) in [6.07, 6.45) is 4.11. The van der Waals surface area contributed by atoms with Crippen LogP contribution in [0.3, 0.4) is 0 Å². The predicted molar refractivity (Wildman–Crippen MR) is 108 cm³/mol. The maximum atomic E-state index is 12.1. The normalized spacial score (nSPS) is 11.1. The lowest BCUT2D eigenvalue weighted by molar-refractivity contribution is 0.00638. The number of pyridine rings is 1. The summed E-state index contributed by atoms with van der Waals surface area (Å²) in [4.78, 5) is 23.6. The number of rotatable bonds is 10. The Morgan fingerprint density at radius 2 is 2.11 bits per heavy atom. The van der Waals surface area contributed by atoms with Gasteiger partial charge in [0.05, 0.1) is 0 Å². The van der Waals surface area contributed by atoms with E-state index in [-0.39, 0.29) is 0 Å². The number of aromatic nitrogens is 2. The Bertz CT molecular complexity index is 825. The van der Waals surface area contributed by atoms with Gasteiger partial charge in [0, 0.05) is 47.5 Å². The van der Waals surface area contributed by atoms with E-state index in [9.17, 15) is 4.79 Å². The predicted octanol–water partition coefficient (Wildman–Crippen LogP) is 4.81. The molecule has 28 heavy (non-hydrogen) atoms. The standard InChI is InChI=1S/C19H25N5O3S/c1-19(2,3)27-18(25)16-13-28-17(23-16)14-7-9-21-15(12-14)6-4-10-26-11-5-8-22-24-20/h7,9,12-13H,4-6,8,10-11H2,1-3H3. The number of azide groups is 1. The van der Waals surface area contributed by atoms with Crippen LogP contribution >= 0.6 is 11.3 Å². The molecule has 2 aromatic heterocycles. The highest BCUT2D eigenvalue weighted by Crippen LogP contribution is 2.25. The van der Waals surface area contributed by atoms with Crippen molar-refractivity contribution in [3.63, 3.8) is 0 Å². The van der Waals surface area contributed by atoms with Crippen LogP contribution in [0.4, 0.5) is 0 Å². The molecule has 0 unspecified atom stereocenters. The maximum Gasteiger partial charge on any atom is 0.358 e. The molecule has 0 radical (unpaired) electrons. The van der Waals surface area contributed by atoms with Gasteiger partial charge in [0.1, 0.15) is 10.6 Å². The van der Waals surface area contributed by atoms with Gasteiger partial charge in [0.2, 0.25) is 0 Å². The zero-order valence-electron chi connectivity index (χ0n) is 16.4. The van der Waals surface area contributed by atoms with Crippen molar-refractivity contribution in [2.45, 2.75) is 45.6 Å². The Kier molecular flexibility index (Phi) is 8.38. The van der Waals surface area contributed by atoms with Crippen molar-refractivity contribution in [1.82, 2.24) is 9.97 Å². The Labute approximate surface area is 168 Å². The van der Waals surface area contributed by atoms with Gasteiger partial charge < -0.3 is 9.47 Å². The summed E-state index contributed by atoms with van der Waals surface area (Å²) < 4.78 is 10.9. The first-order valence-corrected chi connectivity index (χ1v) is 10.00. The van der Waals surface area contributed by atoms with Crippen molar-refractivity contribution >= 4 is 17.3 Å². The van der Waals surface area contributed by atoms with Crippen molar-refractivity contribution in [2.24, 2.45) is 5.11 Å². The third kappa shape index (κ3) is 7.64. The third-order valence-electron chi connectivity index (χ3n) is 3.51. The molecule has 0 spiro atoms. The molecule has 0 atom stereocenters. The van der Waals surface area contributed by atoms with Crippen molar-refractivity contribution in [3.8, 4) is 10.6 Å². The molecule has 0 aliphatic carbocycles. The van der Waals surface area contributed by atoms with Crippen LogP contribution in [-0.2, 0) is 15.9 Å². The molecule has 2 aromatic rings. The molecule has 8 nitrogen and oxygen atoms in total. The quantitative estimate of drug-likeness (QED) is 0.186. The number of hydrogen-bond acceptors (Lipinski definition) is 7. The van der Waals surface area contributed by atoms with Crippen LogP contribution in [0, 0.1) is 0 Å². The second kappa shape index (κ2) is 10.8. The first kappa shape index (κ1) is 21.8. The van der Waals surface area contributed by atoms with Crippen LogP contribution in [0.2, 0.25) is 0 Å². The first-order chi connectivity index (χ1) is 13.4. The number of aryl methyl sites for hydroxylation is 1. The van der Waals surface area contributed by atoms with Gasteiger partial charge in [-0.2, -0.15) is 0 Å². The van der Waals surface area contributed by atoms with E-state index in [4.69, 9.17) is 15.0 Å². The molecular formula is C19H25N5O3S. The second-order valence-electron chi connectivity index (χ2n) is 7.10. The summed E-state index contributed by atoms with van der Waals surface area (Å²) in [6.45, 7) is 7.16. The highest BCUT2D eigenvalue weighted by molar-refractivity contribution is 7.13. The Balaban J connectivity index is 1.86. The molecule has 0 aliphatic heterocycles. The molecule has 0 saturated heterocycles. The van der Waals surface area contributed by atoms with Crippen molar-refractivity contribution in [3.05, 3.63) is 45.5 Å². The molecule has 9 heteroatoms. The van der Waals surface area contributed by atoms with Gasteiger partial charge in [-0.3, -0.25) is 4.98 Å². The van der Waals surface area contributed by atoms with Gasteiger partial charge in [-0.1, -0.05) is 5.11 Å². The van der Waals surface area contributed by atoms with E-state index >= 15 is 0 Å². The number of hydrogen-bond donors (Lipinski definition) is 0. The van der Waals surface area contributed by atoms with Crippen LogP contribution in [0.5, 0.6) is 0 Å². The smallest absolute Gasteiger partial charge is 0.358 e. The Hall–Kier alpha value is -2.48. The fourth-order valence-electron chi connectivity index (χ4n) is 2.32. The van der Waals surface area contributed by atoms with E-state index in [1.807, 2.05) is 32.9 Å². The van der Waals surface area contributed by atoms with E-state index in [1.54, 1.807) is 11.6 Å². The van der Waals surface area contributed by atoms with Crippen LogP contribution in [0.1, 0.15) is 49.8 Å². The molecule has 0 aromatic carbocycles. The summed E-state index contributed by atoms with van der Waals surface area (Å²) in [5.41, 5.74) is 9.85. The van der Waals surface area contributed by atoms with Gasteiger partial charge in [-0.15, -0.1) is 11.3 Å². The summed E-state index contributed by atoms with van der Waals surface area (Å²) in [5.74, 6) is -0.415. The highest BCUT2D eigenvalue weighted by Gasteiger charge is 2.20. The van der Waals surface area contributed by atoms with E-state index < -0.39 is 11.6 Å². The molecule has 150 valence electrons. The van der Waals surface area contributed by atoms with E-state index in [1.165, 1.54) is 11.3 Å². The molecule has 0 fully saturated rings. The lowest BCUT2D eigenvalue weighted by Gasteiger charge is -2.18. The van der Waals surface area contributed by atoms with E-state index in [0.717, 1.165) is 35.5 Å². The zero-order valence-corrected chi connectivity index (χ0v) is 17.2. The largest absolute Gasteiger partial charge is 0.455 e. The molecule has 0 amide bonds. The highest BCUT2D eigenvalue weighted by atomic mass is 32.1. The minimum absolute atomic E-state index is 0.322. The lowest BCUT2D eigenvalue weighted by Crippen LogP contribution is -2.24. The number of carbonyl (C=O) groups excluding carboxylic acids is 1. The monoisotopic (exact) mass is 403 g/mol. The number of ether oxygens (including phenoxy) is 2. The maximum absolute atomic E-state index is 12.1.